The first-order chi connectivity index (χ1) is 15.2. The molecule has 6 nitrogen and oxygen atoms in total. The van der Waals surface area contributed by atoms with Crippen molar-refractivity contribution in [3.63, 3.8) is 0 Å². The molecule has 1 aromatic carbocycles. The van der Waals surface area contributed by atoms with E-state index in [1.807, 2.05) is 41.4 Å². The van der Waals surface area contributed by atoms with Gasteiger partial charge in [0.15, 0.2) is 0 Å². The lowest BCUT2D eigenvalue weighted by molar-refractivity contribution is 0.0606. The van der Waals surface area contributed by atoms with Crippen LogP contribution >= 0.6 is 0 Å². The van der Waals surface area contributed by atoms with Gasteiger partial charge in [-0.25, -0.2) is 9.97 Å². The number of benzene rings is 1. The molecule has 160 valence electrons. The molecule has 31 heavy (non-hydrogen) atoms. The highest BCUT2D eigenvalue weighted by Gasteiger charge is 2.32. The number of piperidine rings is 1. The quantitative estimate of drug-likeness (QED) is 0.574. The molecule has 0 aliphatic carbocycles. The number of hydrogen-bond donors (Lipinski definition) is 0. The van der Waals surface area contributed by atoms with Gasteiger partial charge in [-0.3, -0.25) is 9.78 Å². The lowest BCUT2D eigenvalue weighted by atomic mass is 9.93. The van der Waals surface area contributed by atoms with Crippen molar-refractivity contribution in [2.75, 3.05) is 13.7 Å². The smallest absolute Gasteiger partial charge is 0.254 e. The van der Waals surface area contributed by atoms with Crippen LogP contribution in [0.1, 0.15) is 60.5 Å². The van der Waals surface area contributed by atoms with Gasteiger partial charge < -0.3 is 9.64 Å². The Bertz CT molecular complexity index is 1040. The SMILES string of the molecule is CCCc1ncc(-c2ccncc2)c(C2CCCCN2C(=O)c2cccc(OC)c2)n1. The molecular weight excluding hydrogens is 388 g/mol. The molecule has 2 aromatic heterocycles. The van der Waals surface area contributed by atoms with Crippen LogP contribution in [0.2, 0.25) is 0 Å². The van der Waals surface area contributed by atoms with Crippen LogP contribution in [-0.2, 0) is 6.42 Å². The second-order valence-corrected chi connectivity index (χ2v) is 7.81. The Kier molecular flexibility index (Phi) is 6.55. The first-order valence-electron chi connectivity index (χ1n) is 10.9. The van der Waals surface area contributed by atoms with Crippen LogP contribution in [0.15, 0.2) is 55.0 Å². The first-order valence-corrected chi connectivity index (χ1v) is 10.9. The summed E-state index contributed by atoms with van der Waals surface area (Å²) < 4.78 is 5.33. The van der Waals surface area contributed by atoms with Crippen molar-refractivity contribution in [1.82, 2.24) is 19.9 Å². The van der Waals surface area contributed by atoms with Gasteiger partial charge in [-0.15, -0.1) is 0 Å². The van der Waals surface area contributed by atoms with Crippen LogP contribution in [0.3, 0.4) is 0 Å². The molecule has 1 unspecified atom stereocenters. The lowest BCUT2D eigenvalue weighted by Crippen LogP contribution is -2.39. The zero-order chi connectivity index (χ0) is 21.6. The Morgan fingerprint density at radius 1 is 1.19 bits per heavy atom. The van der Waals surface area contributed by atoms with E-state index in [9.17, 15) is 4.79 Å². The van der Waals surface area contributed by atoms with Crippen molar-refractivity contribution < 1.29 is 9.53 Å². The minimum Gasteiger partial charge on any atom is -0.497 e. The fourth-order valence-electron chi connectivity index (χ4n) is 4.17. The van der Waals surface area contributed by atoms with Crippen LogP contribution in [0.25, 0.3) is 11.1 Å². The van der Waals surface area contributed by atoms with Crippen molar-refractivity contribution in [3.8, 4) is 16.9 Å². The molecule has 1 atom stereocenters. The van der Waals surface area contributed by atoms with Crippen molar-refractivity contribution in [2.24, 2.45) is 0 Å². The number of amides is 1. The Balaban J connectivity index is 1.76. The fourth-order valence-corrected chi connectivity index (χ4v) is 4.17. The van der Waals surface area contributed by atoms with E-state index in [4.69, 9.17) is 9.72 Å². The van der Waals surface area contributed by atoms with Gasteiger partial charge >= 0.3 is 0 Å². The second kappa shape index (κ2) is 9.69. The highest BCUT2D eigenvalue weighted by Crippen LogP contribution is 2.36. The number of aromatic nitrogens is 3. The zero-order valence-electron chi connectivity index (χ0n) is 18.1. The summed E-state index contributed by atoms with van der Waals surface area (Å²) in [4.78, 5) is 29.2. The van der Waals surface area contributed by atoms with Gasteiger partial charge in [-0.05, 0) is 61.6 Å². The molecule has 1 amide bonds. The average molecular weight is 417 g/mol. The number of aryl methyl sites for hydroxylation is 1. The van der Waals surface area contributed by atoms with Crippen LogP contribution in [0.5, 0.6) is 5.75 Å². The first kappa shape index (κ1) is 21.0. The molecule has 1 saturated heterocycles. The lowest BCUT2D eigenvalue weighted by Gasteiger charge is -2.36. The molecule has 1 fully saturated rings. The summed E-state index contributed by atoms with van der Waals surface area (Å²) in [6.07, 6.45) is 10.2. The van der Waals surface area contributed by atoms with Crippen molar-refractivity contribution in [2.45, 2.75) is 45.1 Å². The van der Waals surface area contributed by atoms with Gasteiger partial charge in [0.1, 0.15) is 11.6 Å². The molecule has 4 rings (SSSR count). The summed E-state index contributed by atoms with van der Waals surface area (Å²) in [5, 5.41) is 0. The van der Waals surface area contributed by atoms with Crippen molar-refractivity contribution in [3.05, 3.63) is 72.1 Å². The second-order valence-electron chi connectivity index (χ2n) is 7.81. The molecule has 0 bridgehead atoms. The molecule has 0 saturated carbocycles. The minimum atomic E-state index is -0.0887. The monoisotopic (exact) mass is 416 g/mol. The Morgan fingerprint density at radius 3 is 2.81 bits per heavy atom. The van der Waals surface area contributed by atoms with E-state index < -0.39 is 0 Å². The van der Waals surface area contributed by atoms with Crippen LogP contribution in [-0.4, -0.2) is 39.4 Å². The molecule has 1 aliphatic heterocycles. The van der Waals surface area contributed by atoms with E-state index in [2.05, 4.69) is 16.9 Å². The maximum absolute atomic E-state index is 13.5. The molecule has 1 aliphatic rings. The van der Waals surface area contributed by atoms with E-state index in [1.54, 1.807) is 25.6 Å². The zero-order valence-corrected chi connectivity index (χ0v) is 18.1. The molecule has 0 spiro atoms. The number of rotatable bonds is 6. The standard InChI is InChI=1S/C25H28N4O2/c1-3-7-23-27-17-21(18-11-13-26-14-12-18)24(28-23)22-10-4-5-15-29(22)25(30)19-8-6-9-20(16-19)31-2/h6,8-9,11-14,16-17,22H,3-5,7,10,15H2,1-2H3. The minimum absolute atomic E-state index is 0.0138. The number of hydrogen-bond acceptors (Lipinski definition) is 5. The summed E-state index contributed by atoms with van der Waals surface area (Å²) in [5.74, 6) is 1.53. The topological polar surface area (TPSA) is 68.2 Å². The predicted octanol–water partition coefficient (Wildman–Crippen LogP) is 4.87. The third kappa shape index (κ3) is 4.58. The molecule has 0 radical (unpaired) electrons. The summed E-state index contributed by atoms with van der Waals surface area (Å²) in [6, 6.07) is 11.2. The van der Waals surface area contributed by atoms with Crippen LogP contribution < -0.4 is 4.74 Å². The van der Waals surface area contributed by atoms with Gasteiger partial charge in [0.05, 0.1) is 18.8 Å². The van der Waals surface area contributed by atoms with Gasteiger partial charge in [0.25, 0.3) is 5.91 Å². The Morgan fingerprint density at radius 2 is 2.03 bits per heavy atom. The van der Waals surface area contributed by atoms with Crippen molar-refractivity contribution >= 4 is 5.91 Å². The number of carbonyl (C=O) groups is 1. The number of carbonyl (C=O) groups excluding carboxylic acids is 1. The number of ether oxygens (including phenoxy) is 1. The summed E-state index contributed by atoms with van der Waals surface area (Å²) in [6.45, 7) is 2.84. The van der Waals surface area contributed by atoms with Gasteiger partial charge in [0.2, 0.25) is 0 Å². The Hall–Kier alpha value is -3.28. The van der Waals surface area contributed by atoms with E-state index in [0.717, 1.165) is 54.7 Å². The highest BCUT2D eigenvalue weighted by molar-refractivity contribution is 5.95. The van der Waals surface area contributed by atoms with E-state index >= 15 is 0 Å². The fraction of sp³-hybridized carbons (Fsp3) is 0.360. The van der Waals surface area contributed by atoms with E-state index in [0.29, 0.717) is 17.9 Å². The summed E-state index contributed by atoms with van der Waals surface area (Å²) in [5.41, 5.74) is 3.56. The number of pyridine rings is 1. The molecular formula is C25H28N4O2. The normalized spacial score (nSPS) is 16.2. The maximum atomic E-state index is 13.5. The summed E-state index contributed by atoms with van der Waals surface area (Å²) in [7, 11) is 1.62. The summed E-state index contributed by atoms with van der Waals surface area (Å²) >= 11 is 0. The molecule has 0 N–H and O–H groups in total. The van der Waals surface area contributed by atoms with Crippen molar-refractivity contribution in [1.29, 1.82) is 0 Å². The highest BCUT2D eigenvalue weighted by atomic mass is 16.5. The third-order valence-electron chi connectivity index (χ3n) is 5.73. The van der Waals surface area contributed by atoms with Gasteiger partial charge in [-0.1, -0.05) is 13.0 Å². The average Bonchev–Trinajstić information content (AvgIpc) is 2.84. The van der Waals surface area contributed by atoms with Crippen LogP contribution in [0.4, 0.5) is 0 Å². The molecule has 6 heteroatoms. The maximum Gasteiger partial charge on any atom is 0.254 e. The van der Waals surface area contributed by atoms with Gasteiger partial charge in [-0.2, -0.15) is 0 Å². The predicted molar refractivity (Wildman–Crippen MR) is 120 cm³/mol. The molecule has 3 aromatic rings. The Labute approximate surface area is 183 Å². The van der Waals surface area contributed by atoms with E-state index in [1.165, 1.54) is 0 Å². The van der Waals surface area contributed by atoms with Crippen LogP contribution in [0, 0.1) is 0 Å². The number of nitrogens with zero attached hydrogens (tertiary/aromatic N) is 4. The largest absolute Gasteiger partial charge is 0.497 e. The van der Waals surface area contributed by atoms with Gasteiger partial charge in [0, 0.05) is 42.7 Å². The number of methoxy groups -OCH3 is 1. The third-order valence-corrected chi connectivity index (χ3v) is 5.73. The van der Waals surface area contributed by atoms with E-state index in [-0.39, 0.29) is 11.9 Å². The molecule has 3 heterocycles. The number of likely N-dealkylation sites (tertiary alicyclic amines) is 1.